The molecule has 1 aromatic heterocycles. The molecule has 1 saturated carbocycles. The number of hydrogen-bond acceptors (Lipinski definition) is 6. The van der Waals surface area contributed by atoms with Gasteiger partial charge < -0.3 is 20.5 Å². The second-order valence-electron chi connectivity index (χ2n) is 8.91. The molecule has 0 spiro atoms. The van der Waals surface area contributed by atoms with Crippen molar-refractivity contribution in [2.45, 2.75) is 43.4 Å². The Morgan fingerprint density at radius 3 is 2.44 bits per heavy atom. The number of nitrogens with one attached hydrogen (secondary N) is 2. The standard InChI is InChI=1S/C24H28F2N4O4/c1-34-22-3-2-16(11-27-22)24(33)6-4-20(5-7-24)30-13-19(14-30)29-21(31)12-28-23(32)15-8-17(25)10-18(26)9-15/h2-3,8-11,19-20,33H,4-7,12-14H2,1H3,(H,28,32)(H,29,31). The van der Waals surface area contributed by atoms with E-state index in [1.54, 1.807) is 19.4 Å². The first-order valence-electron chi connectivity index (χ1n) is 11.3. The molecule has 0 atom stereocenters. The number of aliphatic hydroxyl groups is 1. The molecule has 2 amide bonds. The molecule has 2 aliphatic rings. The quantitative estimate of drug-likeness (QED) is 0.565. The number of carbonyl (C=O) groups excluding carboxylic acids is 2. The van der Waals surface area contributed by atoms with Crippen LogP contribution in [0.4, 0.5) is 8.78 Å². The molecule has 3 N–H and O–H groups in total. The van der Waals surface area contributed by atoms with Crippen LogP contribution in [0, 0.1) is 11.6 Å². The summed E-state index contributed by atoms with van der Waals surface area (Å²) in [6.45, 7) is 1.11. The normalized spacial score (nSPS) is 23.1. The van der Waals surface area contributed by atoms with Gasteiger partial charge in [-0.05, 0) is 43.9 Å². The highest BCUT2D eigenvalue weighted by molar-refractivity contribution is 5.96. The summed E-state index contributed by atoms with van der Waals surface area (Å²) < 4.78 is 31.5. The van der Waals surface area contributed by atoms with Crippen molar-refractivity contribution < 1.29 is 28.2 Å². The van der Waals surface area contributed by atoms with E-state index in [-0.39, 0.29) is 24.1 Å². The molecule has 10 heteroatoms. The van der Waals surface area contributed by atoms with E-state index in [1.807, 2.05) is 6.07 Å². The number of halogens is 2. The molecule has 2 aromatic rings. The summed E-state index contributed by atoms with van der Waals surface area (Å²) in [5.41, 5.74) is -0.275. The van der Waals surface area contributed by atoms with E-state index in [4.69, 9.17) is 4.74 Å². The summed E-state index contributed by atoms with van der Waals surface area (Å²) in [6.07, 6.45) is 4.60. The van der Waals surface area contributed by atoms with E-state index >= 15 is 0 Å². The van der Waals surface area contributed by atoms with Gasteiger partial charge in [0, 0.05) is 48.6 Å². The Bertz CT molecular complexity index is 1020. The van der Waals surface area contributed by atoms with Gasteiger partial charge in [0.2, 0.25) is 11.8 Å². The number of benzene rings is 1. The van der Waals surface area contributed by atoms with Crippen LogP contribution in [0.15, 0.2) is 36.5 Å². The number of nitrogens with zero attached hydrogens (tertiary/aromatic N) is 2. The van der Waals surface area contributed by atoms with Crippen molar-refractivity contribution in [3.05, 3.63) is 59.3 Å². The monoisotopic (exact) mass is 474 g/mol. The maximum atomic E-state index is 13.2. The zero-order valence-electron chi connectivity index (χ0n) is 18.9. The smallest absolute Gasteiger partial charge is 0.251 e. The number of aromatic nitrogens is 1. The summed E-state index contributed by atoms with van der Waals surface area (Å²) in [5, 5.41) is 16.3. The highest BCUT2D eigenvalue weighted by Gasteiger charge is 2.40. The third-order valence-corrected chi connectivity index (χ3v) is 6.59. The molecular formula is C24H28F2N4O4. The minimum atomic E-state index is -0.892. The van der Waals surface area contributed by atoms with Gasteiger partial charge >= 0.3 is 0 Å². The highest BCUT2D eigenvalue weighted by atomic mass is 19.1. The van der Waals surface area contributed by atoms with Crippen molar-refractivity contribution in [3.8, 4) is 5.88 Å². The Balaban J connectivity index is 1.17. The van der Waals surface area contributed by atoms with E-state index in [1.165, 1.54) is 0 Å². The third kappa shape index (κ3) is 5.51. The van der Waals surface area contributed by atoms with E-state index in [0.29, 0.717) is 43.9 Å². The van der Waals surface area contributed by atoms with Gasteiger partial charge in [-0.25, -0.2) is 13.8 Å². The number of pyridine rings is 1. The Hall–Kier alpha value is -3.11. The van der Waals surface area contributed by atoms with Crippen molar-refractivity contribution in [2.24, 2.45) is 0 Å². The SMILES string of the molecule is COc1ccc(C2(O)CCC(N3CC(NC(=O)CNC(=O)c4cc(F)cc(F)c4)C3)CC2)cn1. The molecule has 2 heterocycles. The third-order valence-electron chi connectivity index (χ3n) is 6.59. The van der Waals surface area contributed by atoms with Gasteiger partial charge in [-0.3, -0.25) is 14.5 Å². The molecule has 182 valence electrons. The van der Waals surface area contributed by atoms with Gasteiger partial charge in [-0.15, -0.1) is 0 Å². The minimum absolute atomic E-state index is 0.0254. The van der Waals surface area contributed by atoms with Crippen molar-refractivity contribution >= 4 is 11.8 Å². The van der Waals surface area contributed by atoms with Crippen molar-refractivity contribution in [1.82, 2.24) is 20.5 Å². The predicted octanol–water partition coefficient (Wildman–Crippen LogP) is 1.73. The van der Waals surface area contributed by atoms with Crippen LogP contribution >= 0.6 is 0 Å². The van der Waals surface area contributed by atoms with Crippen molar-refractivity contribution in [2.75, 3.05) is 26.7 Å². The molecule has 34 heavy (non-hydrogen) atoms. The molecule has 0 radical (unpaired) electrons. The Morgan fingerprint density at radius 1 is 1.18 bits per heavy atom. The molecule has 1 saturated heterocycles. The Morgan fingerprint density at radius 2 is 1.85 bits per heavy atom. The molecule has 2 fully saturated rings. The summed E-state index contributed by atoms with van der Waals surface area (Å²) in [6, 6.07) is 6.42. The molecule has 8 nitrogen and oxygen atoms in total. The summed E-state index contributed by atoms with van der Waals surface area (Å²) >= 11 is 0. The Labute approximate surface area is 196 Å². The van der Waals surface area contributed by atoms with Crippen LogP contribution in [0.25, 0.3) is 0 Å². The van der Waals surface area contributed by atoms with Gasteiger partial charge in [-0.2, -0.15) is 0 Å². The lowest BCUT2D eigenvalue weighted by molar-refractivity contribution is -0.122. The molecule has 0 bridgehead atoms. The average Bonchev–Trinajstić information content (AvgIpc) is 2.80. The highest BCUT2D eigenvalue weighted by Crippen LogP contribution is 2.39. The zero-order valence-corrected chi connectivity index (χ0v) is 18.9. The maximum absolute atomic E-state index is 13.2. The topological polar surface area (TPSA) is 104 Å². The van der Waals surface area contributed by atoms with Gasteiger partial charge in [0.05, 0.1) is 25.3 Å². The number of ether oxygens (including phenoxy) is 1. The lowest BCUT2D eigenvalue weighted by atomic mass is 9.77. The van der Waals surface area contributed by atoms with Crippen LogP contribution in [-0.2, 0) is 10.4 Å². The van der Waals surface area contributed by atoms with Crippen LogP contribution < -0.4 is 15.4 Å². The molecule has 0 unspecified atom stereocenters. The van der Waals surface area contributed by atoms with Gasteiger partial charge in [0.15, 0.2) is 0 Å². The van der Waals surface area contributed by atoms with Crippen molar-refractivity contribution in [3.63, 3.8) is 0 Å². The fourth-order valence-electron chi connectivity index (χ4n) is 4.64. The zero-order chi connectivity index (χ0) is 24.3. The molecule has 1 aromatic carbocycles. The van der Waals surface area contributed by atoms with E-state index in [0.717, 1.165) is 30.5 Å². The number of amides is 2. The number of hydrogen-bond donors (Lipinski definition) is 3. The summed E-state index contributed by atoms with van der Waals surface area (Å²) in [5.74, 6) is -2.28. The van der Waals surface area contributed by atoms with E-state index in [2.05, 4.69) is 20.5 Å². The van der Waals surface area contributed by atoms with Crippen LogP contribution in [-0.4, -0.2) is 65.6 Å². The predicted molar refractivity (Wildman–Crippen MR) is 119 cm³/mol. The van der Waals surface area contributed by atoms with Gasteiger partial charge in [0.1, 0.15) is 11.6 Å². The number of rotatable bonds is 7. The van der Waals surface area contributed by atoms with Crippen LogP contribution in [0.3, 0.4) is 0 Å². The molecular weight excluding hydrogens is 446 g/mol. The largest absolute Gasteiger partial charge is 0.481 e. The number of carbonyl (C=O) groups is 2. The number of likely N-dealkylation sites (tertiary alicyclic amines) is 1. The fourth-order valence-corrected chi connectivity index (χ4v) is 4.64. The van der Waals surface area contributed by atoms with Gasteiger partial charge in [-0.1, -0.05) is 0 Å². The summed E-state index contributed by atoms with van der Waals surface area (Å²) in [4.78, 5) is 30.6. The molecule has 1 aliphatic carbocycles. The van der Waals surface area contributed by atoms with Crippen LogP contribution in [0.5, 0.6) is 5.88 Å². The first kappa shape index (κ1) is 24.0. The van der Waals surface area contributed by atoms with Crippen LogP contribution in [0.2, 0.25) is 0 Å². The van der Waals surface area contributed by atoms with Gasteiger partial charge in [0.25, 0.3) is 5.91 Å². The molecule has 4 rings (SSSR count). The minimum Gasteiger partial charge on any atom is -0.481 e. The molecule has 1 aliphatic heterocycles. The maximum Gasteiger partial charge on any atom is 0.251 e. The van der Waals surface area contributed by atoms with Crippen molar-refractivity contribution in [1.29, 1.82) is 0 Å². The van der Waals surface area contributed by atoms with Crippen LogP contribution in [0.1, 0.15) is 41.6 Å². The first-order chi connectivity index (χ1) is 16.3. The average molecular weight is 475 g/mol. The lowest BCUT2D eigenvalue weighted by Gasteiger charge is -2.48. The van der Waals surface area contributed by atoms with E-state index < -0.39 is 23.1 Å². The fraction of sp³-hybridized carbons (Fsp3) is 0.458. The first-order valence-corrected chi connectivity index (χ1v) is 11.3. The second-order valence-corrected chi connectivity index (χ2v) is 8.91. The summed E-state index contributed by atoms with van der Waals surface area (Å²) in [7, 11) is 1.55. The Kier molecular flexibility index (Phi) is 7.08. The number of methoxy groups -OCH3 is 1. The second kappa shape index (κ2) is 10.0. The lowest BCUT2D eigenvalue weighted by Crippen LogP contribution is -2.63. The van der Waals surface area contributed by atoms with E-state index in [9.17, 15) is 23.5 Å².